The Kier molecular flexibility index (Phi) is 3.51. The monoisotopic (exact) mass is 212 g/mol. The van der Waals surface area contributed by atoms with E-state index in [2.05, 4.69) is 0 Å². The predicted octanol–water partition coefficient (Wildman–Crippen LogP) is 1.17. The van der Waals surface area contributed by atoms with Gasteiger partial charge in [0.05, 0.1) is 7.11 Å². The third kappa shape index (κ3) is 2.19. The largest absolute Gasteiger partial charge is 0.504 e. The number of carboxylic acids is 1. The van der Waals surface area contributed by atoms with Crippen LogP contribution in [0.2, 0.25) is 0 Å². The van der Waals surface area contributed by atoms with Crippen molar-refractivity contribution < 1.29 is 24.5 Å². The topological polar surface area (TPSA) is 76.0 Å². The summed E-state index contributed by atoms with van der Waals surface area (Å²) in [7, 11) is 2.65. The Balaban J connectivity index is 3.18. The first kappa shape index (κ1) is 11.3. The third-order valence-corrected chi connectivity index (χ3v) is 1.99. The fourth-order valence-electron chi connectivity index (χ4n) is 1.28. The van der Waals surface area contributed by atoms with Crippen LogP contribution in [0.5, 0.6) is 11.5 Å². The molecule has 0 bridgehead atoms. The van der Waals surface area contributed by atoms with Gasteiger partial charge in [0, 0.05) is 12.7 Å². The van der Waals surface area contributed by atoms with Crippen LogP contribution in [0.3, 0.4) is 0 Å². The number of aliphatic carboxylic acids is 1. The van der Waals surface area contributed by atoms with Crippen LogP contribution < -0.4 is 4.74 Å². The normalized spacial score (nSPS) is 12.1. The molecule has 1 aromatic rings. The van der Waals surface area contributed by atoms with E-state index in [0.717, 1.165) is 0 Å². The molecule has 5 heteroatoms. The van der Waals surface area contributed by atoms with Crippen molar-refractivity contribution in [1.82, 2.24) is 0 Å². The van der Waals surface area contributed by atoms with Gasteiger partial charge in [-0.2, -0.15) is 0 Å². The van der Waals surface area contributed by atoms with E-state index >= 15 is 0 Å². The second-order valence-electron chi connectivity index (χ2n) is 2.85. The van der Waals surface area contributed by atoms with E-state index in [1.807, 2.05) is 0 Å². The van der Waals surface area contributed by atoms with Crippen LogP contribution in [0.25, 0.3) is 0 Å². The number of phenolic OH excluding ortho intramolecular Hbond substituents is 1. The lowest BCUT2D eigenvalue weighted by molar-refractivity contribution is -0.149. The van der Waals surface area contributed by atoms with Gasteiger partial charge in [0.2, 0.25) is 0 Å². The van der Waals surface area contributed by atoms with E-state index < -0.39 is 12.1 Å². The number of benzene rings is 1. The van der Waals surface area contributed by atoms with Crippen LogP contribution in [0.15, 0.2) is 18.2 Å². The minimum absolute atomic E-state index is 0.171. The number of carbonyl (C=O) groups is 1. The van der Waals surface area contributed by atoms with Gasteiger partial charge in [-0.05, 0) is 6.07 Å². The molecule has 82 valence electrons. The number of carboxylic acid groups (broad SMARTS) is 1. The second kappa shape index (κ2) is 4.65. The van der Waals surface area contributed by atoms with Crippen molar-refractivity contribution in [3.63, 3.8) is 0 Å². The highest BCUT2D eigenvalue weighted by Gasteiger charge is 2.23. The third-order valence-electron chi connectivity index (χ3n) is 1.99. The Morgan fingerprint density at radius 1 is 1.40 bits per heavy atom. The molecule has 0 saturated carbocycles. The summed E-state index contributed by atoms with van der Waals surface area (Å²) in [4.78, 5) is 10.8. The summed E-state index contributed by atoms with van der Waals surface area (Å²) in [5.74, 6) is -1.16. The lowest BCUT2D eigenvalue weighted by Gasteiger charge is -2.14. The maximum atomic E-state index is 10.8. The summed E-state index contributed by atoms with van der Waals surface area (Å²) in [6.45, 7) is 0. The van der Waals surface area contributed by atoms with E-state index in [9.17, 15) is 9.90 Å². The number of ether oxygens (including phenoxy) is 2. The van der Waals surface area contributed by atoms with Crippen molar-refractivity contribution in [3.05, 3.63) is 23.8 Å². The molecule has 5 nitrogen and oxygen atoms in total. The fourth-order valence-corrected chi connectivity index (χ4v) is 1.28. The molecule has 0 heterocycles. The Labute approximate surface area is 86.9 Å². The number of aromatic hydroxyl groups is 1. The molecule has 1 unspecified atom stereocenters. The summed E-state index contributed by atoms with van der Waals surface area (Å²) in [6, 6.07) is 4.59. The van der Waals surface area contributed by atoms with Gasteiger partial charge in [-0.15, -0.1) is 0 Å². The van der Waals surface area contributed by atoms with Crippen LogP contribution in [0.1, 0.15) is 11.7 Å². The highest BCUT2D eigenvalue weighted by molar-refractivity contribution is 5.76. The van der Waals surface area contributed by atoms with Crippen LogP contribution in [0, 0.1) is 0 Å². The molecular weight excluding hydrogens is 200 g/mol. The van der Waals surface area contributed by atoms with E-state index in [4.69, 9.17) is 14.6 Å². The molecule has 0 saturated heterocycles. The van der Waals surface area contributed by atoms with Gasteiger partial charge >= 0.3 is 5.97 Å². The number of hydrogen-bond donors (Lipinski definition) is 2. The molecule has 1 atom stereocenters. The maximum Gasteiger partial charge on any atom is 0.337 e. The van der Waals surface area contributed by atoms with E-state index in [0.29, 0.717) is 0 Å². The Hall–Kier alpha value is -1.75. The number of rotatable bonds is 4. The van der Waals surface area contributed by atoms with Crippen molar-refractivity contribution >= 4 is 5.97 Å². The van der Waals surface area contributed by atoms with Crippen LogP contribution in [-0.2, 0) is 9.53 Å². The Morgan fingerprint density at radius 2 is 2.07 bits per heavy atom. The summed E-state index contributed by atoms with van der Waals surface area (Å²) in [6.07, 6.45) is -1.19. The number of hydrogen-bond acceptors (Lipinski definition) is 4. The standard InChI is InChI=1S/C10H12O5/c1-14-7-5-3-4-6(8(7)11)9(15-2)10(12)13/h3-5,9,11H,1-2H3,(H,12,13). The first-order valence-electron chi connectivity index (χ1n) is 4.23. The van der Waals surface area contributed by atoms with Crippen molar-refractivity contribution in [1.29, 1.82) is 0 Å². The van der Waals surface area contributed by atoms with Crippen molar-refractivity contribution in [2.45, 2.75) is 6.10 Å². The molecule has 0 aliphatic carbocycles. The van der Waals surface area contributed by atoms with E-state index in [-0.39, 0.29) is 17.1 Å². The SMILES string of the molecule is COc1cccc(C(OC)C(=O)O)c1O. The summed E-state index contributed by atoms with van der Waals surface area (Å²) < 4.78 is 9.62. The molecule has 1 rings (SSSR count). The minimum atomic E-state index is -1.19. The molecule has 0 aromatic heterocycles. The van der Waals surface area contributed by atoms with Crippen LogP contribution >= 0.6 is 0 Å². The van der Waals surface area contributed by atoms with Gasteiger partial charge in [0.15, 0.2) is 17.6 Å². The molecule has 0 aliphatic heterocycles. The summed E-state index contributed by atoms with van der Waals surface area (Å²) in [5.41, 5.74) is 0.171. The van der Waals surface area contributed by atoms with Crippen LogP contribution in [-0.4, -0.2) is 30.4 Å². The van der Waals surface area contributed by atoms with Crippen molar-refractivity contribution in [3.8, 4) is 11.5 Å². The molecule has 0 aliphatic rings. The van der Waals surface area contributed by atoms with Gasteiger partial charge in [-0.3, -0.25) is 0 Å². The van der Waals surface area contributed by atoms with E-state index in [1.165, 1.54) is 26.4 Å². The van der Waals surface area contributed by atoms with Gasteiger partial charge in [0.1, 0.15) is 0 Å². The molecule has 1 aromatic carbocycles. The zero-order valence-corrected chi connectivity index (χ0v) is 8.43. The van der Waals surface area contributed by atoms with Crippen LogP contribution in [0.4, 0.5) is 0 Å². The lowest BCUT2D eigenvalue weighted by atomic mass is 10.1. The average molecular weight is 212 g/mol. The van der Waals surface area contributed by atoms with Crippen molar-refractivity contribution in [2.75, 3.05) is 14.2 Å². The molecule has 0 amide bonds. The summed E-state index contributed by atoms with van der Waals surface area (Å²) >= 11 is 0. The highest BCUT2D eigenvalue weighted by Crippen LogP contribution is 2.34. The smallest absolute Gasteiger partial charge is 0.337 e. The maximum absolute atomic E-state index is 10.8. The van der Waals surface area contributed by atoms with Gasteiger partial charge in [-0.1, -0.05) is 12.1 Å². The molecule has 0 fully saturated rings. The van der Waals surface area contributed by atoms with Gasteiger partial charge < -0.3 is 19.7 Å². The first-order valence-corrected chi connectivity index (χ1v) is 4.23. The molecular formula is C10H12O5. The van der Waals surface area contributed by atoms with Gasteiger partial charge in [-0.25, -0.2) is 4.79 Å². The molecule has 15 heavy (non-hydrogen) atoms. The second-order valence-corrected chi connectivity index (χ2v) is 2.85. The van der Waals surface area contributed by atoms with Gasteiger partial charge in [0.25, 0.3) is 0 Å². The minimum Gasteiger partial charge on any atom is -0.504 e. The lowest BCUT2D eigenvalue weighted by Crippen LogP contribution is -2.13. The van der Waals surface area contributed by atoms with E-state index in [1.54, 1.807) is 6.07 Å². The predicted molar refractivity (Wildman–Crippen MR) is 52.0 cm³/mol. The quantitative estimate of drug-likeness (QED) is 0.783. The van der Waals surface area contributed by atoms with Crippen molar-refractivity contribution in [2.24, 2.45) is 0 Å². The average Bonchev–Trinajstić information content (AvgIpc) is 2.21. The number of methoxy groups -OCH3 is 2. The molecule has 2 N–H and O–H groups in total. The highest BCUT2D eigenvalue weighted by atomic mass is 16.5. The number of phenols is 1. The molecule has 0 radical (unpaired) electrons. The summed E-state index contributed by atoms with van der Waals surface area (Å²) in [5, 5.41) is 18.5. The molecule has 0 spiro atoms. The first-order chi connectivity index (χ1) is 7.11. The Morgan fingerprint density at radius 3 is 2.53 bits per heavy atom. The zero-order chi connectivity index (χ0) is 11.4. The fraction of sp³-hybridized carbons (Fsp3) is 0.300. The number of para-hydroxylation sites is 1. The zero-order valence-electron chi connectivity index (χ0n) is 8.43. The Bertz CT molecular complexity index is 361.